The lowest BCUT2D eigenvalue weighted by Gasteiger charge is -2.04. The number of aromatic nitrogens is 1. The van der Waals surface area contributed by atoms with Gasteiger partial charge in [0.1, 0.15) is 0 Å². The third-order valence-corrected chi connectivity index (χ3v) is 2.66. The fourth-order valence-electron chi connectivity index (χ4n) is 0.888. The van der Waals surface area contributed by atoms with Crippen LogP contribution in [0.1, 0.15) is 12.5 Å². The first-order chi connectivity index (χ1) is 6.14. The van der Waals surface area contributed by atoms with Gasteiger partial charge in [0.25, 0.3) is 10.2 Å². The van der Waals surface area contributed by atoms with Gasteiger partial charge in [0.05, 0.1) is 0 Å². The van der Waals surface area contributed by atoms with Gasteiger partial charge in [-0.25, -0.2) is 4.72 Å². The van der Waals surface area contributed by atoms with Gasteiger partial charge in [-0.3, -0.25) is 0 Å². The van der Waals surface area contributed by atoms with E-state index in [9.17, 15) is 8.42 Å². The Morgan fingerprint density at radius 1 is 1.46 bits per heavy atom. The standard InChI is InChI=1S/C7H13N3O2S/c1-2-9-13(11,12)10-6-7-3-4-8-5-7/h3-5,8-10H,2,6H2,1H3. The maximum atomic E-state index is 11.1. The summed E-state index contributed by atoms with van der Waals surface area (Å²) in [5.41, 5.74) is 0.904. The molecular formula is C7H13N3O2S. The second-order valence-corrected chi connectivity index (χ2v) is 4.13. The first kappa shape index (κ1) is 10.2. The molecule has 0 amide bonds. The molecule has 5 nitrogen and oxygen atoms in total. The molecule has 0 aromatic carbocycles. The number of aromatic amines is 1. The summed E-state index contributed by atoms with van der Waals surface area (Å²) in [6, 6.07) is 1.81. The van der Waals surface area contributed by atoms with Gasteiger partial charge in [0, 0.05) is 25.5 Å². The zero-order chi connectivity index (χ0) is 9.73. The smallest absolute Gasteiger partial charge is 0.277 e. The maximum Gasteiger partial charge on any atom is 0.277 e. The number of hydrogen-bond acceptors (Lipinski definition) is 2. The number of nitrogens with one attached hydrogen (secondary N) is 3. The summed E-state index contributed by atoms with van der Waals surface area (Å²) in [6.07, 6.45) is 3.49. The second kappa shape index (κ2) is 4.40. The predicted molar refractivity (Wildman–Crippen MR) is 50.2 cm³/mol. The van der Waals surface area contributed by atoms with E-state index in [1.165, 1.54) is 0 Å². The lowest BCUT2D eigenvalue weighted by molar-refractivity contribution is 0.568. The van der Waals surface area contributed by atoms with Crippen LogP contribution in [-0.4, -0.2) is 19.9 Å². The Morgan fingerprint density at radius 3 is 2.77 bits per heavy atom. The second-order valence-electron chi connectivity index (χ2n) is 2.54. The van der Waals surface area contributed by atoms with E-state index < -0.39 is 10.2 Å². The van der Waals surface area contributed by atoms with Crippen molar-refractivity contribution >= 4 is 10.2 Å². The zero-order valence-corrected chi connectivity index (χ0v) is 8.19. The molecule has 0 bridgehead atoms. The summed E-state index contributed by atoms with van der Waals surface area (Å²) in [5.74, 6) is 0. The van der Waals surface area contributed by atoms with Crippen LogP contribution in [0.5, 0.6) is 0 Å². The molecule has 0 fully saturated rings. The summed E-state index contributed by atoms with van der Waals surface area (Å²) in [5, 5.41) is 0. The molecule has 0 aliphatic rings. The Bertz CT molecular complexity index is 331. The fourth-order valence-corrected chi connectivity index (χ4v) is 1.73. The molecule has 0 radical (unpaired) electrons. The highest BCUT2D eigenvalue weighted by molar-refractivity contribution is 7.87. The van der Waals surface area contributed by atoms with E-state index in [2.05, 4.69) is 14.4 Å². The van der Waals surface area contributed by atoms with Gasteiger partial charge in [-0.15, -0.1) is 0 Å². The molecule has 0 aliphatic heterocycles. The molecule has 1 heterocycles. The van der Waals surface area contributed by atoms with Crippen molar-refractivity contribution in [1.82, 2.24) is 14.4 Å². The molecule has 0 spiro atoms. The summed E-state index contributed by atoms with van der Waals surface area (Å²) in [7, 11) is -3.32. The van der Waals surface area contributed by atoms with E-state index in [0.29, 0.717) is 13.1 Å². The molecule has 13 heavy (non-hydrogen) atoms. The molecule has 0 unspecified atom stereocenters. The predicted octanol–water partition coefficient (Wildman–Crippen LogP) is -0.0414. The number of rotatable bonds is 5. The molecule has 1 aromatic heterocycles. The molecule has 0 aliphatic carbocycles. The van der Waals surface area contributed by atoms with Gasteiger partial charge in [0.15, 0.2) is 0 Å². The van der Waals surface area contributed by atoms with Crippen LogP contribution in [0.2, 0.25) is 0 Å². The highest BCUT2D eigenvalue weighted by Gasteiger charge is 2.06. The van der Waals surface area contributed by atoms with Gasteiger partial charge in [-0.2, -0.15) is 13.1 Å². The molecular weight excluding hydrogens is 190 g/mol. The van der Waals surface area contributed by atoms with Crippen molar-refractivity contribution in [3.63, 3.8) is 0 Å². The first-order valence-electron chi connectivity index (χ1n) is 4.00. The Labute approximate surface area is 77.7 Å². The monoisotopic (exact) mass is 203 g/mol. The lowest BCUT2D eigenvalue weighted by atomic mass is 10.4. The maximum absolute atomic E-state index is 11.1. The van der Waals surface area contributed by atoms with Crippen LogP contribution in [0.3, 0.4) is 0 Å². The topological polar surface area (TPSA) is 74.0 Å². The first-order valence-corrected chi connectivity index (χ1v) is 5.48. The fraction of sp³-hybridized carbons (Fsp3) is 0.429. The molecule has 1 aromatic rings. The SMILES string of the molecule is CCNS(=O)(=O)NCc1cc[nH]c1. The number of H-pyrrole nitrogens is 1. The van der Waals surface area contributed by atoms with Crippen LogP contribution in [0.25, 0.3) is 0 Å². The van der Waals surface area contributed by atoms with E-state index in [1.54, 1.807) is 19.3 Å². The molecule has 0 saturated carbocycles. The van der Waals surface area contributed by atoms with E-state index in [4.69, 9.17) is 0 Å². The summed E-state index contributed by atoms with van der Waals surface area (Å²) < 4.78 is 26.9. The van der Waals surface area contributed by atoms with E-state index >= 15 is 0 Å². The molecule has 3 N–H and O–H groups in total. The van der Waals surface area contributed by atoms with Crippen molar-refractivity contribution in [2.75, 3.05) is 6.54 Å². The minimum Gasteiger partial charge on any atom is -0.367 e. The highest BCUT2D eigenvalue weighted by Crippen LogP contribution is 1.95. The molecule has 1 rings (SSSR count). The Hall–Kier alpha value is -0.850. The lowest BCUT2D eigenvalue weighted by Crippen LogP contribution is -2.35. The third kappa shape index (κ3) is 3.58. The average Bonchev–Trinajstić information content (AvgIpc) is 2.52. The van der Waals surface area contributed by atoms with E-state index in [0.717, 1.165) is 5.56 Å². The van der Waals surface area contributed by atoms with Gasteiger partial charge < -0.3 is 4.98 Å². The normalized spacial score (nSPS) is 11.8. The summed E-state index contributed by atoms with van der Waals surface area (Å²) in [4.78, 5) is 2.84. The Balaban J connectivity index is 2.43. The van der Waals surface area contributed by atoms with Crippen molar-refractivity contribution in [2.45, 2.75) is 13.5 Å². The molecule has 6 heteroatoms. The minimum atomic E-state index is -3.32. The van der Waals surface area contributed by atoms with Crippen molar-refractivity contribution in [1.29, 1.82) is 0 Å². The van der Waals surface area contributed by atoms with Gasteiger partial charge in [0.2, 0.25) is 0 Å². The van der Waals surface area contributed by atoms with Gasteiger partial charge >= 0.3 is 0 Å². The summed E-state index contributed by atoms with van der Waals surface area (Å²) >= 11 is 0. The largest absolute Gasteiger partial charge is 0.367 e. The van der Waals surface area contributed by atoms with Crippen LogP contribution >= 0.6 is 0 Å². The van der Waals surface area contributed by atoms with Crippen LogP contribution in [0.4, 0.5) is 0 Å². The third-order valence-electron chi connectivity index (χ3n) is 1.46. The molecule has 0 atom stereocenters. The van der Waals surface area contributed by atoms with Crippen LogP contribution in [-0.2, 0) is 16.8 Å². The van der Waals surface area contributed by atoms with Gasteiger partial charge in [-0.05, 0) is 11.6 Å². The quantitative estimate of drug-likeness (QED) is 0.628. The Morgan fingerprint density at radius 2 is 2.23 bits per heavy atom. The van der Waals surface area contributed by atoms with Crippen LogP contribution in [0.15, 0.2) is 18.5 Å². The highest BCUT2D eigenvalue weighted by atomic mass is 32.2. The Kier molecular flexibility index (Phi) is 3.47. The minimum absolute atomic E-state index is 0.304. The summed E-state index contributed by atoms with van der Waals surface area (Å²) in [6.45, 7) is 2.43. The van der Waals surface area contributed by atoms with Gasteiger partial charge in [-0.1, -0.05) is 6.92 Å². The van der Waals surface area contributed by atoms with E-state index in [-0.39, 0.29) is 0 Å². The van der Waals surface area contributed by atoms with Crippen molar-refractivity contribution in [3.8, 4) is 0 Å². The van der Waals surface area contributed by atoms with Crippen LogP contribution in [0, 0.1) is 0 Å². The molecule has 0 saturated heterocycles. The molecule has 74 valence electrons. The number of hydrogen-bond donors (Lipinski definition) is 3. The van der Waals surface area contributed by atoms with Crippen molar-refractivity contribution in [2.24, 2.45) is 0 Å². The van der Waals surface area contributed by atoms with E-state index in [1.807, 2.05) is 6.07 Å². The zero-order valence-electron chi connectivity index (χ0n) is 7.37. The average molecular weight is 203 g/mol. The van der Waals surface area contributed by atoms with Crippen molar-refractivity contribution < 1.29 is 8.42 Å². The van der Waals surface area contributed by atoms with Crippen LogP contribution < -0.4 is 9.44 Å². The van der Waals surface area contributed by atoms with Crippen molar-refractivity contribution in [3.05, 3.63) is 24.0 Å².